The average molecular weight is 249 g/mol. The van der Waals surface area contributed by atoms with Gasteiger partial charge in [0.15, 0.2) is 5.92 Å². The lowest BCUT2D eigenvalue weighted by Gasteiger charge is -2.09. The highest BCUT2D eigenvalue weighted by atomic mass is 16.5. The summed E-state index contributed by atoms with van der Waals surface area (Å²) in [7, 11) is 2.47. The fourth-order valence-electron chi connectivity index (χ4n) is 1.37. The summed E-state index contributed by atoms with van der Waals surface area (Å²) < 4.78 is 9.10. The summed E-state index contributed by atoms with van der Waals surface area (Å²) >= 11 is 0. The number of pyridine rings is 1. The average Bonchev–Trinajstić information content (AvgIpc) is 2.43. The molecule has 1 heterocycles. The van der Waals surface area contributed by atoms with Crippen molar-refractivity contribution in [2.75, 3.05) is 14.2 Å². The van der Waals surface area contributed by atoms with Crippen LogP contribution >= 0.6 is 0 Å². The smallest absolute Gasteiger partial charge is 0.320 e. The number of nitrogens with zero attached hydrogens (tertiary/aromatic N) is 1. The number of hydrogen-bond donors (Lipinski definition) is 0. The Labute approximate surface area is 105 Å². The number of allylic oxidation sites excluding steroid dienone is 1. The van der Waals surface area contributed by atoms with Crippen LogP contribution in [0.25, 0.3) is 6.08 Å². The minimum absolute atomic E-state index is 0.218. The highest BCUT2D eigenvalue weighted by Crippen LogP contribution is 2.10. The van der Waals surface area contributed by atoms with E-state index in [9.17, 15) is 9.59 Å². The number of esters is 2. The number of carbonyl (C=O) groups is 2. The van der Waals surface area contributed by atoms with E-state index in [1.54, 1.807) is 18.3 Å². The molecule has 0 atom stereocenters. The largest absolute Gasteiger partial charge is 0.468 e. The van der Waals surface area contributed by atoms with Gasteiger partial charge in [-0.05, 0) is 24.6 Å². The van der Waals surface area contributed by atoms with Crippen molar-refractivity contribution >= 4 is 18.0 Å². The van der Waals surface area contributed by atoms with E-state index < -0.39 is 17.9 Å². The van der Waals surface area contributed by atoms with Crippen LogP contribution in [0, 0.1) is 5.92 Å². The summed E-state index contributed by atoms with van der Waals surface area (Å²) in [6.07, 6.45) is 5.31. The Bertz CT molecular complexity index is 412. The third-order valence-corrected chi connectivity index (χ3v) is 2.32. The molecule has 0 N–H and O–H groups in total. The summed E-state index contributed by atoms with van der Waals surface area (Å²) in [5.74, 6) is -2.14. The van der Waals surface area contributed by atoms with Crippen molar-refractivity contribution in [2.45, 2.75) is 6.42 Å². The van der Waals surface area contributed by atoms with Crippen LogP contribution in [0.3, 0.4) is 0 Å². The van der Waals surface area contributed by atoms with E-state index in [2.05, 4.69) is 14.5 Å². The first-order valence-electron chi connectivity index (χ1n) is 5.42. The molecule has 0 aliphatic rings. The zero-order valence-electron chi connectivity index (χ0n) is 10.3. The van der Waals surface area contributed by atoms with Gasteiger partial charge < -0.3 is 9.47 Å². The molecule has 0 radical (unpaired) electrons. The minimum Gasteiger partial charge on any atom is -0.468 e. The maximum atomic E-state index is 11.4. The molecule has 0 bridgehead atoms. The van der Waals surface area contributed by atoms with Crippen LogP contribution in [0.4, 0.5) is 0 Å². The van der Waals surface area contributed by atoms with E-state index in [-0.39, 0.29) is 6.42 Å². The van der Waals surface area contributed by atoms with E-state index in [1.807, 2.05) is 18.2 Å². The molecule has 5 heteroatoms. The molecule has 1 aromatic rings. The van der Waals surface area contributed by atoms with Gasteiger partial charge in [-0.1, -0.05) is 12.1 Å². The van der Waals surface area contributed by atoms with Crippen LogP contribution in [-0.2, 0) is 19.1 Å². The van der Waals surface area contributed by atoms with E-state index in [0.29, 0.717) is 0 Å². The summed E-state index contributed by atoms with van der Waals surface area (Å²) in [6.45, 7) is 0. The fraction of sp³-hybridized carbons (Fsp3) is 0.308. The Balaban J connectivity index is 2.65. The van der Waals surface area contributed by atoms with Crippen molar-refractivity contribution in [3.63, 3.8) is 0 Å². The van der Waals surface area contributed by atoms with Gasteiger partial charge in [-0.3, -0.25) is 14.6 Å². The van der Waals surface area contributed by atoms with Gasteiger partial charge in [0.05, 0.1) is 19.9 Å². The molecule has 0 amide bonds. The lowest BCUT2D eigenvalue weighted by molar-refractivity contribution is -0.158. The quantitative estimate of drug-likeness (QED) is 0.583. The summed E-state index contributed by atoms with van der Waals surface area (Å²) in [4.78, 5) is 26.9. The van der Waals surface area contributed by atoms with Crippen molar-refractivity contribution < 1.29 is 19.1 Å². The van der Waals surface area contributed by atoms with Gasteiger partial charge >= 0.3 is 11.9 Å². The molecule has 18 heavy (non-hydrogen) atoms. The number of rotatable bonds is 5. The minimum atomic E-state index is -0.931. The molecule has 1 rings (SSSR count). The molecule has 0 aliphatic carbocycles. The number of methoxy groups -OCH3 is 2. The maximum Gasteiger partial charge on any atom is 0.320 e. The first kappa shape index (κ1) is 13.9. The van der Waals surface area contributed by atoms with Crippen molar-refractivity contribution in [2.24, 2.45) is 5.92 Å². The fourth-order valence-corrected chi connectivity index (χ4v) is 1.37. The topological polar surface area (TPSA) is 65.5 Å². The number of carbonyl (C=O) groups excluding carboxylic acids is 2. The van der Waals surface area contributed by atoms with Crippen molar-refractivity contribution in [1.82, 2.24) is 4.98 Å². The van der Waals surface area contributed by atoms with Crippen molar-refractivity contribution in [3.8, 4) is 0 Å². The molecule has 1 aromatic heterocycles. The predicted molar refractivity (Wildman–Crippen MR) is 65.4 cm³/mol. The standard InChI is InChI=1S/C13H15NO4/c1-17-12(15)11(13(16)18-2)8-5-7-10-6-3-4-9-14-10/h3-7,9,11H,8H2,1-2H3/b7-5+. The second-order valence-electron chi connectivity index (χ2n) is 3.49. The molecule has 0 saturated carbocycles. The molecule has 0 aliphatic heterocycles. The number of aromatic nitrogens is 1. The Morgan fingerprint density at radius 3 is 2.44 bits per heavy atom. The van der Waals surface area contributed by atoms with Gasteiger partial charge in [0.1, 0.15) is 0 Å². The van der Waals surface area contributed by atoms with Gasteiger partial charge in [0.2, 0.25) is 0 Å². The normalized spacial score (nSPS) is 10.6. The number of ether oxygens (including phenoxy) is 2. The van der Waals surface area contributed by atoms with Gasteiger partial charge in [-0.25, -0.2) is 0 Å². The van der Waals surface area contributed by atoms with Gasteiger partial charge in [-0.15, -0.1) is 0 Å². The first-order valence-corrected chi connectivity index (χ1v) is 5.42. The Morgan fingerprint density at radius 2 is 1.94 bits per heavy atom. The molecule has 0 unspecified atom stereocenters. The molecular weight excluding hydrogens is 234 g/mol. The Hall–Kier alpha value is -2.17. The Kier molecular flexibility index (Phi) is 5.57. The summed E-state index contributed by atoms with van der Waals surface area (Å²) in [5.41, 5.74) is 0.756. The maximum absolute atomic E-state index is 11.4. The van der Waals surface area contributed by atoms with Crippen LogP contribution in [-0.4, -0.2) is 31.1 Å². The SMILES string of the molecule is COC(=O)C(C/C=C/c1ccccn1)C(=O)OC. The molecule has 0 saturated heterocycles. The van der Waals surface area contributed by atoms with Gasteiger partial charge in [0.25, 0.3) is 0 Å². The highest BCUT2D eigenvalue weighted by molar-refractivity contribution is 5.95. The van der Waals surface area contributed by atoms with Crippen LogP contribution < -0.4 is 0 Å². The molecule has 5 nitrogen and oxygen atoms in total. The third kappa shape index (κ3) is 4.01. The van der Waals surface area contributed by atoms with Gasteiger partial charge in [-0.2, -0.15) is 0 Å². The first-order chi connectivity index (χ1) is 8.69. The molecule has 0 aromatic carbocycles. The van der Waals surface area contributed by atoms with Crippen LogP contribution in [0.2, 0.25) is 0 Å². The van der Waals surface area contributed by atoms with E-state index in [4.69, 9.17) is 0 Å². The monoisotopic (exact) mass is 249 g/mol. The Morgan fingerprint density at radius 1 is 1.28 bits per heavy atom. The van der Waals surface area contributed by atoms with Crippen LogP contribution in [0.15, 0.2) is 30.5 Å². The molecule has 0 spiro atoms. The zero-order valence-corrected chi connectivity index (χ0v) is 10.3. The lowest BCUT2D eigenvalue weighted by atomic mass is 10.1. The van der Waals surface area contributed by atoms with Crippen LogP contribution in [0.1, 0.15) is 12.1 Å². The second-order valence-corrected chi connectivity index (χ2v) is 3.49. The lowest BCUT2D eigenvalue weighted by Crippen LogP contribution is -2.25. The van der Waals surface area contributed by atoms with Gasteiger partial charge in [0, 0.05) is 6.20 Å². The van der Waals surface area contributed by atoms with Crippen molar-refractivity contribution in [3.05, 3.63) is 36.2 Å². The van der Waals surface area contributed by atoms with Crippen molar-refractivity contribution in [1.29, 1.82) is 0 Å². The highest BCUT2D eigenvalue weighted by Gasteiger charge is 2.26. The predicted octanol–water partition coefficient (Wildman–Crippen LogP) is 1.45. The summed E-state index contributed by atoms with van der Waals surface area (Å²) in [6, 6.07) is 5.48. The van der Waals surface area contributed by atoms with E-state index in [1.165, 1.54) is 14.2 Å². The third-order valence-electron chi connectivity index (χ3n) is 2.32. The second kappa shape index (κ2) is 7.21. The summed E-state index contributed by atoms with van der Waals surface area (Å²) in [5, 5.41) is 0. The molecular formula is C13H15NO4. The van der Waals surface area contributed by atoms with Crippen LogP contribution in [0.5, 0.6) is 0 Å². The zero-order chi connectivity index (χ0) is 13.4. The molecule has 0 fully saturated rings. The van der Waals surface area contributed by atoms with E-state index >= 15 is 0 Å². The number of hydrogen-bond acceptors (Lipinski definition) is 5. The van der Waals surface area contributed by atoms with E-state index in [0.717, 1.165) is 5.69 Å². The molecule has 96 valence electrons.